The number of benzene rings is 1. The minimum atomic E-state index is -0.820. The standard InChI is InChI=1S/C18H11F2N5OS/c19-11-4-3-5-12(20)16(11)25-15(7-9-22-25)17(26)24-18-23-14(10-27-18)13-6-1-2-8-21-13/h1-10H,(H,23,24,26). The molecule has 1 N–H and O–H groups in total. The first-order valence-electron chi connectivity index (χ1n) is 7.80. The molecule has 0 saturated heterocycles. The molecule has 9 heteroatoms. The number of pyridine rings is 1. The van der Waals surface area contributed by atoms with E-state index in [0.717, 1.165) is 16.8 Å². The molecule has 0 bridgehead atoms. The van der Waals surface area contributed by atoms with Crippen molar-refractivity contribution < 1.29 is 13.6 Å². The van der Waals surface area contributed by atoms with E-state index in [9.17, 15) is 13.6 Å². The molecule has 3 aromatic heterocycles. The van der Waals surface area contributed by atoms with Crippen LogP contribution >= 0.6 is 11.3 Å². The summed E-state index contributed by atoms with van der Waals surface area (Å²) >= 11 is 1.22. The maximum atomic E-state index is 14.0. The van der Waals surface area contributed by atoms with Crippen LogP contribution in [-0.4, -0.2) is 25.7 Å². The van der Waals surface area contributed by atoms with Gasteiger partial charge in [0.1, 0.15) is 17.1 Å². The smallest absolute Gasteiger partial charge is 0.276 e. The Hall–Kier alpha value is -3.46. The first-order valence-corrected chi connectivity index (χ1v) is 8.68. The Kier molecular flexibility index (Phi) is 4.43. The van der Waals surface area contributed by atoms with Gasteiger partial charge in [0.25, 0.3) is 5.91 Å². The van der Waals surface area contributed by atoms with E-state index in [4.69, 9.17) is 0 Å². The Balaban J connectivity index is 1.61. The average Bonchev–Trinajstić information content (AvgIpc) is 3.32. The first-order chi connectivity index (χ1) is 13.1. The van der Waals surface area contributed by atoms with E-state index in [1.54, 1.807) is 23.7 Å². The van der Waals surface area contributed by atoms with Gasteiger partial charge in [0.05, 0.1) is 11.9 Å². The van der Waals surface area contributed by atoms with E-state index < -0.39 is 23.2 Å². The van der Waals surface area contributed by atoms with Gasteiger partial charge in [0.15, 0.2) is 16.8 Å². The molecule has 4 rings (SSSR count). The summed E-state index contributed by atoms with van der Waals surface area (Å²) in [6.45, 7) is 0. The van der Waals surface area contributed by atoms with Gasteiger partial charge >= 0.3 is 0 Å². The molecule has 1 aromatic carbocycles. The highest BCUT2D eigenvalue weighted by atomic mass is 32.1. The molecule has 0 aliphatic heterocycles. The van der Waals surface area contributed by atoms with Crippen molar-refractivity contribution in [3.05, 3.63) is 77.6 Å². The van der Waals surface area contributed by atoms with Crippen molar-refractivity contribution in [2.75, 3.05) is 5.32 Å². The number of anilines is 1. The molecule has 4 aromatic rings. The molecule has 0 fully saturated rings. The van der Waals surface area contributed by atoms with E-state index >= 15 is 0 Å². The number of halogens is 2. The van der Waals surface area contributed by atoms with Crippen molar-refractivity contribution in [2.24, 2.45) is 0 Å². The van der Waals surface area contributed by atoms with Crippen molar-refractivity contribution in [3.63, 3.8) is 0 Å². The first kappa shape index (κ1) is 17.0. The molecule has 0 aliphatic rings. The summed E-state index contributed by atoms with van der Waals surface area (Å²) in [6.07, 6.45) is 2.94. The highest BCUT2D eigenvalue weighted by Crippen LogP contribution is 2.24. The molecule has 3 heterocycles. The lowest BCUT2D eigenvalue weighted by Crippen LogP contribution is -2.18. The van der Waals surface area contributed by atoms with Gasteiger partial charge in [-0.05, 0) is 30.3 Å². The van der Waals surface area contributed by atoms with Crippen molar-refractivity contribution in [1.82, 2.24) is 19.7 Å². The Labute approximate surface area is 156 Å². The molecular weight excluding hydrogens is 372 g/mol. The summed E-state index contributed by atoms with van der Waals surface area (Å²) in [6, 6.07) is 10.2. The normalized spacial score (nSPS) is 10.7. The number of amides is 1. The third kappa shape index (κ3) is 3.32. The van der Waals surface area contributed by atoms with Crippen LogP contribution in [0.4, 0.5) is 13.9 Å². The maximum Gasteiger partial charge on any atom is 0.276 e. The van der Waals surface area contributed by atoms with Crippen LogP contribution in [0.25, 0.3) is 17.1 Å². The minimum Gasteiger partial charge on any atom is -0.296 e. The quantitative estimate of drug-likeness (QED) is 0.580. The Bertz CT molecular complexity index is 1090. The average molecular weight is 383 g/mol. The molecular formula is C18H11F2N5OS. The van der Waals surface area contributed by atoms with Crippen LogP contribution in [0.3, 0.4) is 0 Å². The molecule has 0 aliphatic carbocycles. The molecule has 1 amide bonds. The number of carbonyl (C=O) groups excluding carboxylic acids is 1. The number of aromatic nitrogens is 4. The predicted octanol–water partition coefficient (Wildman–Crippen LogP) is 3.92. The summed E-state index contributed by atoms with van der Waals surface area (Å²) < 4.78 is 29.0. The van der Waals surface area contributed by atoms with Gasteiger partial charge < -0.3 is 0 Å². The van der Waals surface area contributed by atoms with Crippen LogP contribution < -0.4 is 5.32 Å². The molecule has 0 atom stereocenters. The Morgan fingerprint density at radius 1 is 1.00 bits per heavy atom. The Morgan fingerprint density at radius 3 is 2.56 bits per heavy atom. The zero-order valence-electron chi connectivity index (χ0n) is 13.6. The third-order valence-corrected chi connectivity index (χ3v) is 4.43. The predicted molar refractivity (Wildman–Crippen MR) is 96.8 cm³/mol. The van der Waals surface area contributed by atoms with Crippen LogP contribution in [0, 0.1) is 11.6 Å². The van der Waals surface area contributed by atoms with Crippen LogP contribution in [0.1, 0.15) is 10.5 Å². The van der Waals surface area contributed by atoms with Crippen molar-refractivity contribution in [3.8, 4) is 17.1 Å². The van der Waals surface area contributed by atoms with E-state index in [-0.39, 0.29) is 5.69 Å². The summed E-state index contributed by atoms with van der Waals surface area (Å²) in [5.41, 5.74) is 0.854. The largest absolute Gasteiger partial charge is 0.296 e. The van der Waals surface area contributed by atoms with E-state index in [1.165, 1.54) is 29.7 Å². The highest BCUT2D eigenvalue weighted by Gasteiger charge is 2.20. The van der Waals surface area contributed by atoms with Crippen molar-refractivity contribution >= 4 is 22.4 Å². The van der Waals surface area contributed by atoms with Gasteiger partial charge in [-0.15, -0.1) is 11.3 Å². The van der Waals surface area contributed by atoms with E-state index in [2.05, 4.69) is 20.4 Å². The Morgan fingerprint density at radius 2 is 1.81 bits per heavy atom. The lowest BCUT2D eigenvalue weighted by atomic mass is 10.2. The van der Waals surface area contributed by atoms with Gasteiger partial charge in [-0.3, -0.25) is 15.1 Å². The molecule has 0 radical (unpaired) electrons. The van der Waals surface area contributed by atoms with Gasteiger partial charge in [0, 0.05) is 11.6 Å². The van der Waals surface area contributed by atoms with Gasteiger partial charge in [0.2, 0.25) is 0 Å². The lowest BCUT2D eigenvalue weighted by molar-refractivity contribution is 0.101. The number of para-hydroxylation sites is 1. The fourth-order valence-electron chi connectivity index (χ4n) is 2.47. The topological polar surface area (TPSA) is 72.7 Å². The lowest BCUT2D eigenvalue weighted by Gasteiger charge is -2.09. The molecule has 0 unspecified atom stereocenters. The summed E-state index contributed by atoms with van der Waals surface area (Å²) in [5.74, 6) is -2.23. The second kappa shape index (κ2) is 7.04. The monoisotopic (exact) mass is 383 g/mol. The summed E-state index contributed by atoms with van der Waals surface area (Å²) in [5, 5.41) is 8.58. The van der Waals surface area contributed by atoms with Crippen LogP contribution in [0.15, 0.2) is 60.2 Å². The van der Waals surface area contributed by atoms with Crippen molar-refractivity contribution in [1.29, 1.82) is 0 Å². The molecule has 27 heavy (non-hydrogen) atoms. The number of nitrogens with one attached hydrogen (secondary N) is 1. The molecule has 134 valence electrons. The minimum absolute atomic E-state index is 0.0198. The fraction of sp³-hybridized carbons (Fsp3) is 0. The van der Waals surface area contributed by atoms with Gasteiger partial charge in [-0.1, -0.05) is 12.1 Å². The van der Waals surface area contributed by atoms with Crippen LogP contribution in [0.2, 0.25) is 0 Å². The molecule has 0 spiro atoms. The number of nitrogens with zero attached hydrogens (tertiary/aromatic N) is 4. The maximum absolute atomic E-state index is 14.0. The number of rotatable bonds is 4. The number of thiazole rings is 1. The second-order valence-corrected chi connectivity index (χ2v) is 6.26. The second-order valence-electron chi connectivity index (χ2n) is 5.41. The number of carbonyl (C=O) groups is 1. The number of hydrogen-bond donors (Lipinski definition) is 1. The fourth-order valence-corrected chi connectivity index (χ4v) is 3.17. The van der Waals surface area contributed by atoms with E-state index in [1.807, 2.05) is 6.07 Å². The zero-order valence-corrected chi connectivity index (χ0v) is 14.5. The van der Waals surface area contributed by atoms with Crippen LogP contribution in [-0.2, 0) is 0 Å². The molecule has 0 saturated carbocycles. The third-order valence-electron chi connectivity index (χ3n) is 3.68. The SMILES string of the molecule is O=C(Nc1nc(-c2ccccn2)cs1)c1ccnn1-c1c(F)cccc1F. The van der Waals surface area contributed by atoms with Crippen LogP contribution in [0.5, 0.6) is 0 Å². The summed E-state index contributed by atoms with van der Waals surface area (Å²) in [7, 11) is 0. The molecule has 6 nitrogen and oxygen atoms in total. The zero-order chi connectivity index (χ0) is 18.8. The van der Waals surface area contributed by atoms with Crippen molar-refractivity contribution in [2.45, 2.75) is 0 Å². The van der Waals surface area contributed by atoms with Gasteiger partial charge in [-0.2, -0.15) is 5.10 Å². The van der Waals surface area contributed by atoms with Gasteiger partial charge in [-0.25, -0.2) is 18.4 Å². The highest BCUT2D eigenvalue weighted by molar-refractivity contribution is 7.14. The number of hydrogen-bond acceptors (Lipinski definition) is 5. The van der Waals surface area contributed by atoms with E-state index in [0.29, 0.717) is 16.5 Å². The summed E-state index contributed by atoms with van der Waals surface area (Å²) in [4.78, 5) is 21.1.